The SMILES string of the molecule is C=CC1CC(=O)N(C(CC(=O)O)C2CC2)C1. The van der Waals surface area contributed by atoms with Gasteiger partial charge in [-0.2, -0.15) is 0 Å². The van der Waals surface area contributed by atoms with Gasteiger partial charge in [-0.3, -0.25) is 9.59 Å². The first-order valence-electron chi connectivity index (χ1n) is 5.75. The van der Waals surface area contributed by atoms with Gasteiger partial charge < -0.3 is 10.0 Å². The maximum absolute atomic E-state index is 11.8. The van der Waals surface area contributed by atoms with Crippen LogP contribution in [-0.2, 0) is 9.59 Å². The number of amides is 1. The number of likely N-dealkylation sites (tertiary alicyclic amines) is 1. The molecular formula is C12H17NO3. The van der Waals surface area contributed by atoms with Crippen LogP contribution in [0.25, 0.3) is 0 Å². The van der Waals surface area contributed by atoms with Gasteiger partial charge in [-0.15, -0.1) is 6.58 Å². The zero-order valence-corrected chi connectivity index (χ0v) is 9.26. The highest BCUT2D eigenvalue weighted by Crippen LogP contribution is 2.39. The number of carbonyl (C=O) groups is 2. The monoisotopic (exact) mass is 223 g/mol. The van der Waals surface area contributed by atoms with Crippen LogP contribution in [-0.4, -0.2) is 34.5 Å². The molecule has 1 saturated heterocycles. The first-order chi connectivity index (χ1) is 7.61. The predicted molar refractivity (Wildman–Crippen MR) is 58.8 cm³/mol. The summed E-state index contributed by atoms with van der Waals surface area (Å²) in [6, 6.07) is -0.0880. The average Bonchev–Trinajstić information content (AvgIpc) is 2.99. The number of carboxylic acids is 1. The minimum atomic E-state index is -0.813. The molecule has 4 nitrogen and oxygen atoms in total. The Hall–Kier alpha value is -1.32. The third-order valence-electron chi connectivity index (χ3n) is 3.47. The highest BCUT2D eigenvalue weighted by atomic mass is 16.4. The summed E-state index contributed by atoms with van der Waals surface area (Å²) in [5.41, 5.74) is 0. The van der Waals surface area contributed by atoms with E-state index in [-0.39, 0.29) is 24.3 Å². The van der Waals surface area contributed by atoms with E-state index < -0.39 is 5.97 Å². The summed E-state index contributed by atoms with van der Waals surface area (Å²) < 4.78 is 0. The molecule has 2 atom stereocenters. The van der Waals surface area contributed by atoms with E-state index in [1.165, 1.54) is 0 Å². The summed E-state index contributed by atoms with van der Waals surface area (Å²) in [5, 5.41) is 8.87. The molecule has 1 heterocycles. The molecule has 2 unspecified atom stereocenters. The molecule has 2 aliphatic rings. The van der Waals surface area contributed by atoms with Gasteiger partial charge in [-0.05, 0) is 18.8 Å². The topological polar surface area (TPSA) is 57.6 Å². The van der Waals surface area contributed by atoms with Gasteiger partial charge >= 0.3 is 5.97 Å². The third kappa shape index (κ3) is 2.26. The van der Waals surface area contributed by atoms with E-state index in [1.807, 2.05) is 0 Å². The zero-order valence-electron chi connectivity index (χ0n) is 9.26. The average molecular weight is 223 g/mol. The lowest BCUT2D eigenvalue weighted by Crippen LogP contribution is -2.39. The van der Waals surface area contributed by atoms with E-state index in [4.69, 9.17) is 5.11 Å². The maximum Gasteiger partial charge on any atom is 0.305 e. The number of rotatable bonds is 5. The Morgan fingerprint density at radius 1 is 1.62 bits per heavy atom. The molecule has 2 rings (SSSR count). The fourth-order valence-electron chi connectivity index (χ4n) is 2.43. The molecule has 1 saturated carbocycles. The minimum Gasteiger partial charge on any atom is -0.481 e. The largest absolute Gasteiger partial charge is 0.481 e. The van der Waals surface area contributed by atoms with Crippen LogP contribution in [0.1, 0.15) is 25.7 Å². The predicted octanol–water partition coefficient (Wildman–Crippen LogP) is 1.27. The molecule has 0 aromatic carbocycles. The number of nitrogens with zero attached hydrogens (tertiary/aromatic N) is 1. The van der Waals surface area contributed by atoms with Crippen molar-refractivity contribution in [1.29, 1.82) is 0 Å². The van der Waals surface area contributed by atoms with Gasteiger partial charge in [0.05, 0.1) is 6.42 Å². The maximum atomic E-state index is 11.8. The highest BCUT2D eigenvalue weighted by Gasteiger charge is 2.41. The van der Waals surface area contributed by atoms with Gasteiger partial charge in [0.1, 0.15) is 0 Å². The van der Waals surface area contributed by atoms with Crippen molar-refractivity contribution in [3.05, 3.63) is 12.7 Å². The molecule has 16 heavy (non-hydrogen) atoms. The van der Waals surface area contributed by atoms with Crippen molar-refractivity contribution in [3.8, 4) is 0 Å². The molecule has 1 N–H and O–H groups in total. The molecular weight excluding hydrogens is 206 g/mol. The second-order valence-electron chi connectivity index (χ2n) is 4.75. The number of hydrogen-bond acceptors (Lipinski definition) is 2. The van der Waals surface area contributed by atoms with E-state index in [9.17, 15) is 9.59 Å². The van der Waals surface area contributed by atoms with Crippen molar-refractivity contribution in [2.75, 3.05) is 6.54 Å². The molecule has 0 radical (unpaired) electrons. The Kier molecular flexibility index (Phi) is 2.99. The quantitative estimate of drug-likeness (QED) is 0.714. The van der Waals surface area contributed by atoms with Gasteiger partial charge in [0.2, 0.25) is 5.91 Å². The second kappa shape index (κ2) is 4.28. The lowest BCUT2D eigenvalue weighted by Gasteiger charge is -2.26. The van der Waals surface area contributed by atoms with Crippen LogP contribution in [0.4, 0.5) is 0 Å². The van der Waals surface area contributed by atoms with Gasteiger partial charge in [-0.1, -0.05) is 6.08 Å². The van der Waals surface area contributed by atoms with E-state index in [0.717, 1.165) is 12.8 Å². The van der Waals surface area contributed by atoms with E-state index >= 15 is 0 Å². The van der Waals surface area contributed by atoms with Crippen molar-refractivity contribution in [3.63, 3.8) is 0 Å². The molecule has 88 valence electrons. The molecule has 0 aromatic rings. The Labute approximate surface area is 94.9 Å². The number of carboxylic acid groups (broad SMARTS) is 1. The van der Waals surface area contributed by atoms with Crippen LogP contribution in [0.5, 0.6) is 0 Å². The number of carbonyl (C=O) groups excluding carboxylic acids is 1. The molecule has 1 aliphatic heterocycles. The lowest BCUT2D eigenvalue weighted by atomic mass is 10.1. The zero-order chi connectivity index (χ0) is 11.7. The van der Waals surface area contributed by atoms with E-state index in [2.05, 4.69) is 6.58 Å². The molecule has 0 aromatic heterocycles. The van der Waals surface area contributed by atoms with Gasteiger partial charge in [-0.25, -0.2) is 0 Å². The molecule has 0 bridgehead atoms. The summed E-state index contributed by atoms with van der Waals surface area (Å²) in [6.45, 7) is 4.35. The molecule has 1 aliphatic carbocycles. The summed E-state index contributed by atoms with van der Waals surface area (Å²) in [5.74, 6) is -0.124. The summed E-state index contributed by atoms with van der Waals surface area (Å²) in [6.07, 6.45) is 4.48. The van der Waals surface area contributed by atoms with Gasteiger partial charge in [0, 0.05) is 24.9 Å². The molecule has 4 heteroatoms. The summed E-state index contributed by atoms with van der Waals surface area (Å²) >= 11 is 0. The first-order valence-corrected chi connectivity index (χ1v) is 5.75. The number of aliphatic carboxylic acids is 1. The van der Waals surface area contributed by atoms with Crippen LogP contribution in [0.3, 0.4) is 0 Å². The van der Waals surface area contributed by atoms with Crippen LogP contribution in [0.2, 0.25) is 0 Å². The van der Waals surface area contributed by atoms with Gasteiger partial charge in [0.25, 0.3) is 0 Å². The van der Waals surface area contributed by atoms with Crippen molar-refractivity contribution in [2.24, 2.45) is 11.8 Å². The molecule has 1 amide bonds. The van der Waals surface area contributed by atoms with Gasteiger partial charge in [0.15, 0.2) is 0 Å². The summed E-state index contributed by atoms with van der Waals surface area (Å²) in [7, 11) is 0. The van der Waals surface area contributed by atoms with Crippen molar-refractivity contribution >= 4 is 11.9 Å². The Morgan fingerprint density at radius 3 is 2.75 bits per heavy atom. The van der Waals surface area contributed by atoms with Crippen LogP contribution < -0.4 is 0 Å². The second-order valence-corrected chi connectivity index (χ2v) is 4.75. The number of hydrogen-bond donors (Lipinski definition) is 1. The van der Waals surface area contributed by atoms with Crippen LogP contribution in [0.15, 0.2) is 12.7 Å². The Bertz CT molecular complexity index is 322. The minimum absolute atomic E-state index is 0.0836. The van der Waals surface area contributed by atoms with Crippen molar-refractivity contribution < 1.29 is 14.7 Å². The van der Waals surface area contributed by atoms with E-state index in [0.29, 0.717) is 18.9 Å². The Morgan fingerprint density at radius 2 is 2.31 bits per heavy atom. The first kappa shape index (κ1) is 11.2. The summed E-state index contributed by atoms with van der Waals surface area (Å²) in [4.78, 5) is 24.3. The smallest absolute Gasteiger partial charge is 0.305 e. The van der Waals surface area contributed by atoms with Crippen LogP contribution >= 0.6 is 0 Å². The Balaban J connectivity index is 2.05. The fourth-order valence-corrected chi connectivity index (χ4v) is 2.43. The van der Waals surface area contributed by atoms with Crippen molar-refractivity contribution in [2.45, 2.75) is 31.7 Å². The molecule has 0 spiro atoms. The highest BCUT2D eigenvalue weighted by molar-refractivity contribution is 5.80. The van der Waals surface area contributed by atoms with E-state index in [1.54, 1.807) is 11.0 Å². The fraction of sp³-hybridized carbons (Fsp3) is 0.667. The van der Waals surface area contributed by atoms with Crippen LogP contribution in [0, 0.1) is 11.8 Å². The van der Waals surface area contributed by atoms with Crippen molar-refractivity contribution in [1.82, 2.24) is 4.90 Å². The molecule has 2 fully saturated rings. The normalized spacial score (nSPS) is 26.9. The standard InChI is InChI=1S/C12H17NO3/c1-2-8-5-11(14)13(7-8)10(6-12(15)16)9-3-4-9/h2,8-10H,1,3-7H2,(H,15,16). The lowest BCUT2D eigenvalue weighted by molar-refractivity contribution is -0.140. The third-order valence-corrected chi connectivity index (χ3v) is 3.47.